The Morgan fingerprint density at radius 3 is 2.00 bits per heavy atom. The second-order valence-electron chi connectivity index (χ2n) is 8.30. The first-order valence-electron chi connectivity index (χ1n) is 12.0. The van der Waals surface area contributed by atoms with Crippen LogP contribution in [0.4, 0.5) is 0 Å². The van der Waals surface area contributed by atoms with Gasteiger partial charge in [-0.1, -0.05) is 95.5 Å². The first-order valence-corrected chi connectivity index (χ1v) is 12.0. The molecule has 1 aromatic heterocycles. The smallest absolute Gasteiger partial charge is 0.234 e. The highest BCUT2D eigenvalue weighted by Gasteiger charge is 2.17. The largest absolute Gasteiger partial charge is 0.260 e. The van der Waals surface area contributed by atoms with Gasteiger partial charge in [0.25, 0.3) is 5.82 Å². The number of hydrogen-bond donors (Lipinski definition) is 0. The Morgan fingerprint density at radius 1 is 0.714 bits per heavy atom. The Hall–Kier alpha value is -1.57. The fourth-order valence-electron chi connectivity index (χ4n) is 4.01. The predicted octanol–water partition coefficient (Wildman–Crippen LogP) is 7.09. The molecule has 0 N–H and O–H groups in total. The van der Waals surface area contributed by atoms with E-state index in [1.54, 1.807) is 0 Å². The maximum Gasteiger partial charge on any atom is 0.260 e. The lowest BCUT2D eigenvalue weighted by molar-refractivity contribution is -0.703. The highest BCUT2D eigenvalue weighted by atomic mass is 15.1. The first kappa shape index (κ1) is 22.7. The number of hydrogen-bond acceptors (Lipinski definition) is 0. The zero-order valence-electron chi connectivity index (χ0n) is 18.5. The van der Waals surface area contributed by atoms with E-state index in [-0.39, 0.29) is 0 Å². The summed E-state index contributed by atoms with van der Waals surface area (Å²) < 4.78 is 5.01. The van der Waals surface area contributed by atoms with Gasteiger partial charge < -0.3 is 0 Å². The predicted molar refractivity (Wildman–Crippen MR) is 121 cm³/mol. The summed E-state index contributed by atoms with van der Waals surface area (Å²) in [5, 5.41) is 0. The molecule has 0 aliphatic rings. The van der Waals surface area contributed by atoms with Crippen LogP contribution >= 0.6 is 0 Å². The van der Waals surface area contributed by atoms with E-state index in [1.165, 1.54) is 95.0 Å². The SMILES string of the molecule is CCCCCCCCCCCn1cc[n+](CCCCC)c1Cc1ccccc1. The number of aromatic nitrogens is 2. The average Bonchev–Trinajstić information content (AvgIpc) is 3.09. The molecular weight excluding hydrogens is 340 g/mol. The number of nitrogens with zero attached hydrogens (tertiary/aromatic N) is 2. The molecule has 0 radical (unpaired) electrons. The molecule has 0 spiro atoms. The van der Waals surface area contributed by atoms with E-state index in [4.69, 9.17) is 0 Å². The van der Waals surface area contributed by atoms with Gasteiger partial charge in [0.05, 0.1) is 19.5 Å². The van der Waals surface area contributed by atoms with Crippen LogP contribution in [0.5, 0.6) is 0 Å². The van der Waals surface area contributed by atoms with Crippen molar-refractivity contribution in [3.05, 3.63) is 54.1 Å². The van der Waals surface area contributed by atoms with E-state index in [9.17, 15) is 0 Å². The molecule has 2 rings (SSSR count). The molecule has 0 saturated heterocycles. The number of aryl methyl sites for hydroxylation is 2. The minimum Gasteiger partial charge on any atom is -0.234 e. The molecule has 2 aromatic rings. The molecule has 1 aromatic carbocycles. The van der Waals surface area contributed by atoms with Crippen molar-refractivity contribution < 1.29 is 4.57 Å². The van der Waals surface area contributed by atoms with Crippen molar-refractivity contribution in [3.8, 4) is 0 Å². The fraction of sp³-hybridized carbons (Fsp3) is 0.654. The third-order valence-electron chi connectivity index (χ3n) is 5.80. The number of benzene rings is 1. The van der Waals surface area contributed by atoms with Gasteiger partial charge in [0, 0.05) is 0 Å². The molecular formula is C26H43N2+. The molecule has 156 valence electrons. The van der Waals surface area contributed by atoms with Crippen LogP contribution in [0.3, 0.4) is 0 Å². The Balaban J connectivity index is 1.81. The summed E-state index contributed by atoms with van der Waals surface area (Å²) >= 11 is 0. The molecule has 0 saturated carbocycles. The van der Waals surface area contributed by atoms with Crippen LogP contribution in [0.25, 0.3) is 0 Å². The summed E-state index contributed by atoms with van der Waals surface area (Å²) in [5.74, 6) is 1.47. The van der Waals surface area contributed by atoms with Crippen LogP contribution in [0.1, 0.15) is 102 Å². The maximum absolute atomic E-state index is 2.51. The van der Waals surface area contributed by atoms with Gasteiger partial charge in [0.15, 0.2) is 0 Å². The van der Waals surface area contributed by atoms with Crippen LogP contribution in [0, 0.1) is 0 Å². The summed E-state index contributed by atoms with van der Waals surface area (Å²) in [6, 6.07) is 10.9. The zero-order chi connectivity index (χ0) is 19.9. The van der Waals surface area contributed by atoms with Gasteiger partial charge in [-0.15, -0.1) is 0 Å². The van der Waals surface area contributed by atoms with Gasteiger partial charge in [0.2, 0.25) is 0 Å². The standard InChI is InChI=1S/C26H43N2/c1-3-5-7-8-9-10-11-12-17-21-28-23-22-27(20-16-6-4-2)26(28)24-25-18-14-13-15-19-25/h13-15,18-19,22-23H,3-12,16-17,20-21,24H2,1-2H3/q+1. The quantitative estimate of drug-likeness (QED) is 0.216. The van der Waals surface area contributed by atoms with Crippen molar-refractivity contribution in [1.82, 2.24) is 4.57 Å². The third kappa shape index (κ3) is 8.63. The van der Waals surface area contributed by atoms with Gasteiger partial charge >= 0.3 is 0 Å². The van der Waals surface area contributed by atoms with Gasteiger partial charge in [-0.05, 0) is 31.2 Å². The number of unbranched alkanes of at least 4 members (excludes halogenated alkanes) is 10. The van der Waals surface area contributed by atoms with Crippen LogP contribution in [0.15, 0.2) is 42.7 Å². The van der Waals surface area contributed by atoms with Crippen molar-refractivity contribution in [2.45, 2.75) is 110 Å². The Bertz CT molecular complexity index is 615. The fourth-order valence-corrected chi connectivity index (χ4v) is 4.01. The van der Waals surface area contributed by atoms with Crippen LogP contribution in [-0.4, -0.2) is 4.57 Å². The molecule has 0 unspecified atom stereocenters. The van der Waals surface area contributed by atoms with Crippen molar-refractivity contribution in [3.63, 3.8) is 0 Å². The lowest BCUT2D eigenvalue weighted by atomic mass is 10.1. The highest BCUT2D eigenvalue weighted by molar-refractivity contribution is 5.18. The van der Waals surface area contributed by atoms with Crippen LogP contribution in [-0.2, 0) is 19.5 Å². The van der Waals surface area contributed by atoms with Crippen molar-refractivity contribution in [2.24, 2.45) is 0 Å². The molecule has 0 amide bonds. The zero-order valence-corrected chi connectivity index (χ0v) is 18.5. The molecule has 2 nitrogen and oxygen atoms in total. The average molecular weight is 384 g/mol. The third-order valence-corrected chi connectivity index (χ3v) is 5.80. The second kappa shape index (κ2) is 14.4. The number of imidazole rings is 1. The van der Waals surface area contributed by atoms with E-state index in [2.05, 4.69) is 65.7 Å². The summed E-state index contributed by atoms with van der Waals surface area (Å²) in [6.45, 7) is 6.89. The molecule has 0 atom stereocenters. The molecule has 0 aliphatic carbocycles. The van der Waals surface area contributed by atoms with Gasteiger partial charge in [-0.2, -0.15) is 0 Å². The van der Waals surface area contributed by atoms with Gasteiger partial charge in [0.1, 0.15) is 12.4 Å². The lowest BCUT2D eigenvalue weighted by Crippen LogP contribution is -2.37. The second-order valence-corrected chi connectivity index (χ2v) is 8.30. The van der Waals surface area contributed by atoms with Crippen molar-refractivity contribution in [1.29, 1.82) is 0 Å². The van der Waals surface area contributed by atoms with Gasteiger partial charge in [-0.3, -0.25) is 0 Å². The summed E-state index contributed by atoms with van der Waals surface area (Å²) in [5.41, 5.74) is 1.42. The van der Waals surface area contributed by atoms with E-state index < -0.39 is 0 Å². The molecule has 0 fully saturated rings. The van der Waals surface area contributed by atoms with Crippen LogP contribution in [0.2, 0.25) is 0 Å². The minimum atomic E-state index is 1.04. The minimum absolute atomic E-state index is 1.04. The monoisotopic (exact) mass is 383 g/mol. The van der Waals surface area contributed by atoms with E-state index in [1.807, 2.05) is 0 Å². The van der Waals surface area contributed by atoms with E-state index in [0.29, 0.717) is 0 Å². The van der Waals surface area contributed by atoms with Crippen molar-refractivity contribution in [2.75, 3.05) is 0 Å². The Morgan fingerprint density at radius 2 is 1.32 bits per heavy atom. The topological polar surface area (TPSA) is 8.81 Å². The molecule has 0 bridgehead atoms. The molecule has 1 heterocycles. The molecule has 28 heavy (non-hydrogen) atoms. The van der Waals surface area contributed by atoms with Crippen LogP contribution < -0.4 is 4.57 Å². The molecule has 2 heteroatoms. The summed E-state index contributed by atoms with van der Waals surface area (Å²) in [4.78, 5) is 0. The Kier molecular flexibility index (Phi) is 11.7. The van der Waals surface area contributed by atoms with Gasteiger partial charge in [-0.25, -0.2) is 9.13 Å². The van der Waals surface area contributed by atoms with Crippen molar-refractivity contribution >= 4 is 0 Å². The summed E-state index contributed by atoms with van der Waals surface area (Å²) in [7, 11) is 0. The number of rotatable bonds is 16. The first-order chi connectivity index (χ1) is 13.8. The maximum atomic E-state index is 2.51. The lowest BCUT2D eigenvalue weighted by Gasteiger charge is -2.06. The highest BCUT2D eigenvalue weighted by Crippen LogP contribution is 2.12. The summed E-state index contributed by atoms with van der Waals surface area (Å²) in [6.07, 6.45) is 22.1. The Labute approximate surface area is 174 Å². The van der Waals surface area contributed by atoms with E-state index in [0.717, 1.165) is 13.0 Å². The molecule has 0 aliphatic heterocycles. The normalized spacial score (nSPS) is 11.2. The van der Waals surface area contributed by atoms with E-state index >= 15 is 0 Å².